The smallest absolute Gasteiger partial charge is 0.198 e. The molecule has 20 heavy (non-hydrogen) atoms. The zero-order valence-electron chi connectivity index (χ0n) is 11.6. The van der Waals surface area contributed by atoms with Gasteiger partial charge < -0.3 is 9.88 Å². The average molecular weight is 269 g/mol. The lowest BCUT2D eigenvalue weighted by Gasteiger charge is -2.06. The van der Waals surface area contributed by atoms with Crippen molar-refractivity contribution >= 4 is 5.82 Å². The second-order valence-electron chi connectivity index (χ2n) is 4.48. The third-order valence-electron chi connectivity index (χ3n) is 3.00. The van der Waals surface area contributed by atoms with Crippen molar-refractivity contribution < 1.29 is 0 Å². The standard InChI is InChI=1S/C13H15N7/c1-14-11-6-10(9-7-16-20(3)8-9)17-12(18-11)13-15-4-5-19(13)2/h4-8H,1-3H3,(H,14,17,18). The Morgan fingerprint density at radius 1 is 1.20 bits per heavy atom. The molecule has 3 rings (SSSR count). The second-order valence-corrected chi connectivity index (χ2v) is 4.48. The molecule has 0 aliphatic heterocycles. The summed E-state index contributed by atoms with van der Waals surface area (Å²) >= 11 is 0. The van der Waals surface area contributed by atoms with Crippen LogP contribution >= 0.6 is 0 Å². The number of aryl methyl sites for hydroxylation is 2. The fraction of sp³-hybridized carbons (Fsp3) is 0.231. The molecule has 0 radical (unpaired) electrons. The van der Waals surface area contributed by atoms with Gasteiger partial charge in [-0.05, 0) is 0 Å². The van der Waals surface area contributed by atoms with Crippen molar-refractivity contribution in [3.63, 3.8) is 0 Å². The molecule has 0 bridgehead atoms. The molecule has 102 valence electrons. The van der Waals surface area contributed by atoms with Gasteiger partial charge in [0.05, 0.1) is 11.9 Å². The first-order valence-electron chi connectivity index (χ1n) is 6.21. The highest BCUT2D eigenvalue weighted by atomic mass is 15.2. The lowest BCUT2D eigenvalue weighted by Crippen LogP contribution is -2.02. The number of imidazole rings is 1. The molecule has 0 spiro atoms. The van der Waals surface area contributed by atoms with Crippen LogP contribution in [0.25, 0.3) is 22.9 Å². The van der Waals surface area contributed by atoms with Gasteiger partial charge in [0.2, 0.25) is 0 Å². The minimum Gasteiger partial charge on any atom is -0.373 e. The summed E-state index contributed by atoms with van der Waals surface area (Å²) in [7, 11) is 5.63. The summed E-state index contributed by atoms with van der Waals surface area (Å²) in [6.07, 6.45) is 7.30. The van der Waals surface area contributed by atoms with Crippen LogP contribution in [0.1, 0.15) is 0 Å². The SMILES string of the molecule is CNc1cc(-c2cnn(C)c2)nc(-c2nccn2C)n1. The number of anilines is 1. The largest absolute Gasteiger partial charge is 0.373 e. The molecular weight excluding hydrogens is 254 g/mol. The van der Waals surface area contributed by atoms with Crippen LogP contribution in [-0.2, 0) is 14.1 Å². The highest BCUT2D eigenvalue weighted by Crippen LogP contribution is 2.22. The van der Waals surface area contributed by atoms with Gasteiger partial charge >= 0.3 is 0 Å². The predicted molar refractivity (Wildman–Crippen MR) is 76.0 cm³/mol. The van der Waals surface area contributed by atoms with Gasteiger partial charge in [-0.1, -0.05) is 0 Å². The lowest BCUT2D eigenvalue weighted by atomic mass is 10.2. The van der Waals surface area contributed by atoms with Crippen LogP contribution < -0.4 is 5.32 Å². The van der Waals surface area contributed by atoms with Crippen molar-refractivity contribution in [2.45, 2.75) is 0 Å². The van der Waals surface area contributed by atoms with Crippen molar-refractivity contribution in [2.24, 2.45) is 14.1 Å². The quantitative estimate of drug-likeness (QED) is 0.776. The maximum Gasteiger partial charge on any atom is 0.198 e. The highest BCUT2D eigenvalue weighted by molar-refractivity contribution is 5.64. The summed E-state index contributed by atoms with van der Waals surface area (Å²) in [6, 6.07) is 1.89. The van der Waals surface area contributed by atoms with Crippen molar-refractivity contribution in [1.82, 2.24) is 29.3 Å². The van der Waals surface area contributed by atoms with Crippen LogP contribution in [0, 0.1) is 0 Å². The van der Waals surface area contributed by atoms with E-state index in [4.69, 9.17) is 0 Å². The molecule has 0 aromatic carbocycles. The van der Waals surface area contributed by atoms with E-state index in [1.807, 2.05) is 44.2 Å². The van der Waals surface area contributed by atoms with E-state index in [1.54, 1.807) is 17.1 Å². The van der Waals surface area contributed by atoms with Crippen molar-refractivity contribution in [2.75, 3.05) is 12.4 Å². The third-order valence-corrected chi connectivity index (χ3v) is 3.00. The number of nitrogens with zero attached hydrogens (tertiary/aromatic N) is 6. The van der Waals surface area contributed by atoms with Gasteiger partial charge in [0.1, 0.15) is 5.82 Å². The first-order valence-corrected chi connectivity index (χ1v) is 6.21. The predicted octanol–water partition coefficient (Wildman–Crippen LogP) is 1.32. The number of nitrogens with one attached hydrogen (secondary N) is 1. The molecule has 0 aliphatic rings. The topological polar surface area (TPSA) is 73.5 Å². The summed E-state index contributed by atoms with van der Waals surface area (Å²) in [5.74, 6) is 2.06. The Bertz CT molecular complexity index is 741. The summed E-state index contributed by atoms with van der Waals surface area (Å²) in [4.78, 5) is 13.3. The van der Waals surface area contributed by atoms with Crippen molar-refractivity contribution in [1.29, 1.82) is 0 Å². The molecule has 0 amide bonds. The molecule has 0 saturated carbocycles. The van der Waals surface area contributed by atoms with E-state index < -0.39 is 0 Å². The first kappa shape index (κ1) is 12.3. The lowest BCUT2D eigenvalue weighted by molar-refractivity contribution is 0.768. The van der Waals surface area contributed by atoms with Gasteiger partial charge in [0.15, 0.2) is 11.6 Å². The van der Waals surface area contributed by atoms with Gasteiger partial charge in [0, 0.05) is 51.4 Å². The van der Waals surface area contributed by atoms with Crippen LogP contribution in [-0.4, -0.2) is 36.3 Å². The second kappa shape index (κ2) is 4.76. The number of hydrogen-bond donors (Lipinski definition) is 1. The Morgan fingerprint density at radius 3 is 2.65 bits per heavy atom. The van der Waals surface area contributed by atoms with E-state index in [1.165, 1.54) is 0 Å². The summed E-state index contributed by atoms with van der Waals surface area (Å²) in [5.41, 5.74) is 1.76. The maximum atomic E-state index is 4.58. The molecule has 3 heterocycles. The molecule has 0 aliphatic carbocycles. The molecule has 0 unspecified atom stereocenters. The van der Waals surface area contributed by atoms with Crippen LogP contribution in [0.15, 0.2) is 30.9 Å². The number of rotatable bonds is 3. The number of hydrogen-bond acceptors (Lipinski definition) is 5. The van der Waals surface area contributed by atoms with Crippen LogP contribution in [0.3, 0.4) is 0 Å². The molecule has 0 saturated heterocycles. The van der Waals surface area contributed by atoms with Gasteiger partial charge in [-0.2, -0.15) is 5.10 Å². The monoisotopic (exact) mass is 269 g/mol. The van der Waals surface area contributed by atoms with Gasteiger partial charge in [-0.3, -0.25) is 4.68 Å². The Labute approximate surface area is 116 Å². The summed E-state index contributed by atoms with van der Waals surface area (Å²) in [6.45, 7) is 0. The Kier molecular flexibility index (Phi) is 2.94. The highest BCUT2D eigenvalue weighted by Gasteiger charge is 2.12. The molecule has 3 aromatic heterocycles. The molecule has 0 atom stereocenters. The molecule has 1 N–H and O–H groups in total. The maximum absolute atomic E-state index is 4.58. The summed E-state index contributed by atoms with van der Waals surface area (Å²) < 4.78 is 3.64. The van der Waals surface area contributed by atoms with E-state index in [2.05, 4.69) is 25.4 Å². The molecule has 7 heteroatoms. The van der Waals surface area contributed by atoms with E-state index in [-0.39, 0.29) is 0 Å². The fourth-order valence-corrected chi connectivity index (χ4v) is 1.96. The van der Waals surface area contributed by atoms with E-state index in [0.717, 1.165) is 22.9 Å². The number of aromatic nitrogens is 6. The van der Waals surface area contributed by atoms with Gasteiger partial charge in [-0.25, -0.2) is 15.0 Å². The summed E-state index contributed by atoms with van der Waals surface area (Å²) in [5, 5.41) is 7.22. The van der Waals surface area contributed by atoms with Gasteiger partial charge in [-0.15, -0.1) is 0 Å². The van der Waals surface area contributed by atoms with Crippen LogP contribution in [0.4, 0.5) is 5.82 Å². The van der Waals surface area contributed by atoms with Crippen molar-refractivity contribution in [3.05, 3.63) is 30.9 Å². The minimum absolute atomic E-state index is 0.586. The van der Waals surface area contributed by atoms with E-state index >= 15 is 0 Å². The van der Waals surface area contributed by atoms with Gasteiger partial charge in [0.25, 0.3) is 0 Å². The molecule has 7 nitrogen and oxygen atoms in total. The molecule has 3 aromatic rings. The average Bonchev–Trinajstić information content (AvgIpc) is 3.07. The normalized spacial score (nSPS) is 10.8. The van der Waals surface area contributed by atoms with Crippen LogP contribution in [0.2, 0.25) is 0 Å². The Balaban J connectivity index is 2.15. The van der Waals surface area contributed by atoms with E-state index in [0.29, 0.717) is 5.82 Å². The first-order chi connectivity index (χ1) is 9.67. The fourth-order valence-electron chi connectivity index (χ4n) is 1.96. The van der Waals surface area contributed by atoms with Crippen molar-refractivity contribution in [3.8, 4) is 22.9 Å². The minimum atomic E-state index is 0.586. The van der Waals surface area contributed by atoms with E-state index in [9.17, 15) is 0 Å². The Morgan fingerprint density at radius 2 is 2.05 bits per heavy atom. The molecular formula is C13H15N7. The molecule has 0 fully saturated rings. The zero-order valence-corrected chi connectivity index (χ0v) is 11.6. The zero-order chi connectivity index (χ0) is 14.1. The third kappa shape index (κ3) is 2.13. The Hall–Kier alpha value is -2.70. The van der Waals surface area contributed by atoms with Crippen LogP contribution in [0.5, 0.6) is 0 Å².